The van der Waals surface area contributed by atoms with Gasteiger partial charge in [0.2, 0.25) is 0 Å². The molecule has 0 bridgehead atoms. The Bertz CT molecular complexity index is 644. The summed E-state index contributed by atoms with van der Waals surface area (Å²) < 4.78 is 20.1. The van der Waals surface area contributed by atoms with E-state index < -0.39 is 5.38 Å². The lowest BCUT2D eigenvalue weighted by Gasteiger charge is -2.19. The lowest BCUT2D eigenvalue weighted by molar-refractivity contribution is 0.288. The van der Waals surface area contributed by atoms with E-state index in [9.17, 15) is 4.39 Å². The molecule has 1 aliphatic rings. The van der Waals surface area contributed by atoms with Crippen LogP contribution in [0.3, 0.4) is 0 Å². The second kappa shape index (κ2) is 5.74. The monoisotopic (exact) mass is 354 g/mol. The van der Waals surface area contributed by atoms with Crippen molar-refractivity contribution in [2.45, 2.75) is 18.2 Å². The largest absolute Gasteiger partial charge is 0.493 e. The fourth-order valence-corrected chi connectivity index (χ4v) is 3.12. The van der Waals surface area contributed by atoms with Gasteiger partial charge in [0, 0.05) is 5.56 Å². The maximum absolute atomic E-state index is 14.1. The summed E-state index contributed by atoms with van der Waals surface area (Å²) in [5.74, 6) is 0.611. The van der Waals surface area contributed by atoms with Crippen molar-refractivity contribution < 1.29 is 9.13 Å². The first kappa shape index (κ1) is 13.9. The minimum atomic E-state index is -0.500. The lowest BCUT2D eigenvalue weighted by Crippen LogP contribution is -2.09. The molecule has 0 fully saturated rings. The van der Waals surface area contributed by atoms with Crippen LogP contribution in [0.4, 0.5) is 4.39 Å². The van der Waals surface area contributed by atoms with Crippen LogP contribution in [0, 0.1) is 5.82 Å². The number of benzene rings is 2. The molecule has 0 amide bonds. The van der Waals surface area contributed by atoms with Gasteiger partial charge < -0.3 is 4.74 Å². The maximum Gasteiger partial charge on any atom is 0.142 e. The Labute approximate surface area is 130 Å². The molecule has 0 saturated heterocycles. The molecule has 3 rings (SSSR count). The van der Waals surface area contributed by atoms with Crippen LogP contribution in [0.15, 0.2) is 40.9 Å². The average molecular weight is 356 g/mol. The van der Waals surface area contributed by atoms with Gasteiger partial charge >= 0.3 is 0 Å². The predicted molar refractivity (Wildman–Crippen MR) is 82.1 cm³/mol. The van der Waals surface area contributed by atoms with Crippen LogP contribution in [-0.4, -0.2) is 6.61 Å². The van der Waals surface area contributed by atoms with Gasteiger partial charge in [-0.1, -0.05) is 24.3 Å². The summed E-state index contributed by atoms with van der Waals surface area (Å²) in [6.45, 7) is 0.761. The standard InChI is InChI=1S/C16H13BrClFO/c17-13-5-1-4-12(16(13)19)15(18)11-6-7-14-10(9-11)3-2-8-20-14/h1,4-7,9,15H,2-3,8H2. The fourth-order valence-electron chi connectivity index (χ4n) is 2.43. The molecule has 0 aromatic heterocycles. The third-order valence-corrected chi connectivity index (χ3v) is 4.58. The van der Waals surface area contributed by atoms with Gasteiger partial charge in [0.25, 0.3) is 0 Å². The quantitative estimate of drug-likeness (QED) is 0.669. The van der Waals surface area contributed by atoms with Crippen molar-refractivity contribution in [2.24, 2.45) is 0 Å². The Morgan fingerprint density at radius 1 is 1.25 bits per heavy atom. The van der Waals surface area contributed by atoms with Crippen LogP contribution in [0.1, 0.15) is 28.5 Å². The van der Waals surface area contributed by atoms with Crippen LogP contribution in [0.25, 0.3) is 0 Å². The highest BCUT2D eigenvalue weighted by molar-refractivity contribution is 9.10. The predicted octanol–water partition coefficient (Wildman–Crippen LogP) is 5.24. The first-order valence-electron chi connectivity index (χ1n) is 6.50. The lowest BCUT2D eigenvalue weighted by atomic mass is 9.98. The summed E-state index contributed by atoms with van der Waals surface area (Å²) in [6, 6.07) is 11.0. The van der Waals surface area contributed by atoms with Gasteiger partial charge in [-0.15, -0.1) is 11.6 Å². The van der Waals surface area contributed by atoms with Gasteiger partial charge in [0.1, 0.15) is 11.6 Å². The zero-order valence-electron chi connectivity index (χ0n) is 10.7. The first-order chi connectivity index (χ1) is 9.66. The fraction of sp³-hybridized carbons (Fsp3) is 0.250. The third-order valence-electron chi connectivity index (χ3n) is 3.48. The number of hydrogen-bond donors (Lipinski definition) is 0. The second-order valence-corrected chi connectivity index (χ2v) is 6.12. The molecule has 1 atom stereocenters. The summed E-state index contributed by atoms with van der Waals surface area (Å²) >= 11 is 9.64. The molecule has 1 nitrogen and oxygen atoms in total. The Hall–Kier alpha value is -1.06. The molecule has 0 radical (unpaired) electrons. The van der Waals surface area contributed by atoms with E-state index in [0.29, 0.717) is 10.0 Å². The van der Waals surface area contributed by atoms with Crippen LogP contribution in [0.5, 0.6) is 5.75 Å². The average Bonchev–Trinajstić information content (AvgIpc) is 2.49. The number of alkyl halides is 1. The van der Waals surface area contributed by atoms with E-state index in [1.807, 2.05) is 18.2 Å². The van der Waals surface area contributed by atoms with Gasteiger partial charge in [-0.05, 0) is 52.0 Å². The molecular weight excluding hydrogens is 343 g/mol. The van der Waals surface area contributed by atoms with E-state index in [1.54, 1.807) is 18.2 Å². The molecule has 104 valence electrons. The SMILES string of the molecule is Fc1c(Br)cccc1C(Cl)c1ccc2c(c1)CCCO2. The van der Waals surface area contributed by atoms with Crippen LogP contribution < -0.4 is 4.74 Å². The smallest absolute Gasteiger partial charge is 0.142 e. The number of aryl methyl sites for hydroxylation is 1. The van der Waals surface area contributed by atoms with Crippen molar-refractivity contribution in [2.75, 3.05) is 6.61 Å². The van der Waals surface area contributed by atoms with Crippen LogP contribution >= 0.6 is 27.5 Å². The zero-order valence-corrected chi connectivity index (χ0v) is 13.0. The van der Waals surface area contributed by atoms with E-state index >= 15 is 0 Å². The van der Waals surface area contributed by atoms with E-state index in [2.05, 4.69) is 15.9 Å². The van der Waals surface area contributed by atoms with Crippen LogP contribution in [-0.2, 0) is 6.42 Å². The van der Waals surface area contributed by atoms with E-state index in [-0.39, 0.29) is 5.82 Å². The van der Waals surface area contributed by atoms with Gasteiger partial charge in [0.15, 0.2) is 0 Å². The van der Waals surface area contributed by atoms with Crippen molar-refractivity contribution >= 4 is 27.5 Å². The molecular formula is C16H13BrClFO. The highest BCUT2D eigenvalue weighted by Gasteiger charge is 2.19. The Kier molecular flexibility index (Phi) is 3.99. The summed E-state index contributed by atoms with van der Waals surface area (Å²) in [6.07, 6.45) is 1.99. The van der Waals surface area contributed by atoms with E-state index in [0.717, 1.165) is 36.3 Å². The van der Waals surface area contributed by atoms with E-state index in [1.165, 1.54) is 0 Å². The van der Waals surface area contributed by atoms with Crippen molar-refractivity contribution in [1.29, 1.82) is 0 Å². The summed E-state index contributed by atoms with van der Waals surface area (Å²) in [7, 11) is 0. The molecule has 20 heavy (non-hydrogen) atoms. The molecule has 0 N–H and O–H groups in total. The normalized spacial score (nSPS) is 15.3. The summed E-state index contributed by atoms with van der Waals surface area (Å²) in [4.78, 5) is 0. The van der Waals surface area contributed by atoms with Crippen molar-refractivity contribution in [1.82, 2.24) is 0 Å². The minimum Gasteiger partial charge on any atom is -0.493 e. The molecule has 2 aromatic rings. The Morgan fingerprint density at radius 2 is 2.10 bits per heavy atom. The van der Waals surface area contributed by atoms with Gasteiger partial charge in [-0.25, -0.2) is 4.39 Å². The molecule has 4 heteroatoms. The molecule has 0 spiro atoms. The zero-order chi connectivity index (χ0) is 14.1. The van der Waals surface area contributed by atoms with Crippen molar-refractivity contribution in [3.63, 3.8) is 0 Å². The van der Waals surface area contributed by atoms with E-state index in [4.69, 9.17) is 16.3 Å². The number of rotatable bonds is 2. The molecule has 0 saturated carbocycles. The van der Waals surface area contributed by atoms with Crippen molar-refractivity contribution in [3.05, 3.63) is 63.4 Å². The Morgan fingerprint density at radius 3 is 2.95 bits per heavy atom. The van der Waals surface area contributed by atoms with Gasteiger partial charge in [-0.3, -0.25) is 0 Å². The topological polar surface area (TPSA) is 9.23 Å². The molecule has 0 aliphatic carbocycles. The summed E-state index contributed by atoms with van der Waals surface area (Å²) in [5.41, 5.74) is 2.53. The number of ether oxygens (including phenoxy) is 1. The molecule has 1 unspecified atom stereocenters. The maximum atomic E-state index is 14.1. The third kappa shape index (κ3) is 2.57. The first-order valence-corrected chi connectivity index (χ1v) is 7.73. The Balaban J connectivity index is 1.98. The molecule has 2 aromatic carbocycles. The molecule has 1 aliphatic heterocycles. The number of halogens is 3. The van der Waals surface area contributed by atoms with Gasteiger partial charge in [0.05, 0.1) is 16.5 Å². The highest BCUT2D eigenvalue weighted by Crippen LogP contribution is 2.36. The van der Waals surface area contributed by atoms with Crippen molar-refractivity contribution in [3.8, 4) is 5.75 Å². The van der Waals surface area contributed by atoms with Crippen LogP contribution in [0.2, 0.25) is 0 Å². The second-order valence-electron chi connectivity index (χ2n) is 4.82. The highest BCUT2D eigenvalue weighted by atomic mass is 79.9. The molecule has 1 heterocycles. The number of fused-ring (bicyclic) bond motifs is 1. The number of hydrogen-bond acceptors (Lipinski definition) is 1. The minimum absolute atomic E-state index is 0.304. The van der Waals surface area contributed by atoms with Gasteiger partial charge in [-0.2, -0.15) is 0 Å². The summed E-state index contributed by atoms with van der Waals surface area (Å²) in [5, 5.41) is -0.500.